The molecule has 1 unspecified atom stereocenters. The highest BCUT2D eigenvalue weighted by Gasteiger charge is 2.10. The molecule has 0 fully saturated rings. The van der Waals surface area contributed by atoms with Gasteiger partial charge in [0.2, 0.25) is 0 Å². The summed E-state index contributed by atoms with van der Waals surface area (Å²) in [7, 11) is 2.05. The van der Waals surface area contributed by atoms with E-state index in [0.717, 1.165) is 24.8 Å². The Hall–Kier alpha value is -0.820. The van der Waals surface area contributed by atoms with Gasteiger partial charge in [0, 0.05) is 0 Å². The summed E-state index contributed by atoms with van der Waals surface area (Å²) in [6.07, 6.45) is 3.63. The highest BCUT2D eigenvalue weighted by atomic mass is 14.8. The molecular weight excluding hydrogens is 206 g/mol. The molecule has 0 aliphatic carbocycles. The second-order valence-corrected chi connectivity index (χ2v) is 5.43. The lowest BCUT2D eigenvalue weighted by molar-refractivity contribution is 0.395. The van der Waals surface area contributed by atoms with Gasteiger partial charge in [0.1, 0.15) is 0 Å². The van der Waals surface area contributed by atoms with Crippen molar-refractivity contribution in [3.05, 3.63) is 35.4 Å². The number of nitrogens with one attached hydrogen (secondary N) is 1. The smallest absolute Gasteiger partial charge is 0.00202 e. The number of hydrogen-bond acceptors (Lipinski definition) is 1. The van der Waals surface area contributed by atoms with Gasteiger partial charge in [-0.1, -0.05) is 45.0 Å². The maximum atomic E-state index is 3.32. The normalized spacial score (nSPS) is 13.0. The molecule has 0 bridgehead atoms. The third-order valence-electron chi connectivity index (χ3n) is 3.25. The van der Waals surface area contributed by atoms with Crippen LogP contribution in [0.2, 0.25) is 0 Å². The average molecular weight is 233 g/mol. The Labute approximate surface area is 107 Å². The minimum atomic E-state index is 0.757. The fraction of sp³-hybridized carbons (Fsp3) is 0.625. The molecule has 1 heteroatoms. The second-order valence-electron chi connectivity index (χ2n) is 5.43. The molecule has 0 aliphatic rings. The van der Waals surface area contributed by atoms with Crippen molar-refractivity contribution < 1.29 is 0 Å². The molecular formula is C16H27N. The minimum absolute atomic E-state index is 0.757. The molecule has 0 saturated carbocycles. The van der Waals surface area contributed by atoms with E-state index < -0.39 is 0 Å². The van der Waals surface area contributed by atoms with Crippen molar-refractivity contribution in [2.75, 3.05) is 13.6 Å². The first-order valence-electron chi connectivity index (χ1n) is 6.88. The zero-order valence-corrected chi connectivity index (χ0v) is 11.8. The lowest BCUT2D eigenvalue weighted by Crippen LogP contribution is -2.22. The molecule has 0 aliphatic heterocycles. The summed E-state index contributed by atoms with van der Waals surface area (Å²) in [5.41, 5.74) is 2.91. The Kier molecular flexibility index (Phi) is 6.28. The molecule has 96 valence electrons. The van der Waals surface area contributed by atoms with Crippen molar-refractivity contribution in [2.45, 2.75) is 40.0 Å². The fourth-order valence-electron chi connectivity index (χ4n) is 2.44. The first-order chi connectivity index (χ1) is 8.15. The quantitative estimate of drug-likeness (QED) is 0.757. The van der Waals surface area contributed by atoms with Crippen LogP contribution >= 0.6 is 0 Å². The first kappa shape index (κ1) is 14.2. The molecule has 1 rings (SSSR count). The van der Waals surface area contributed by atoms with Gasteiger partial charge in [-0.3, -0.25) is 0 Å². The van der Waals surface area contributed by atoms with E-state index in [1.54, 1.807) is 0 Å². The van der Waals surface area contributed by atoms with Gasteiger partial charge in [-0.2, -0.15) is 0 Å². The van der Waals surface area contributed by atoms with Gasteiger partial charge in [-0.25, -0.2) is 0 Å². The van der Waals surface area contributed by atoms with Crippen LogP contribution in [0.25, 0.3) is 0 Å². The van der Waals surface area contributed by atoms with Gasteiger partial charge >= 0.3 is 0 Å². The predicted octanol–water partition coefficient (Wildman–Crippen LogP) is 3.67. The average Bonchev–Trinajstić information content (AvgIpc) is 2.29. The maximum absolute atomic E-state index is 3.32. The molecule has 1 N–H and O–H groups in total. The van der Waals surface area contributed by atoms with Crippen LogP contribution in [0.4, 0.5) is 0 Å². The van der Waals surface area contributed by atoms with E-state index in [2.05, 4.69) is 50.4 Å². The van der Waals surface area contributed by atoms with Crippen LogP contribution in [-0.4, -0.2) is 13.6 Å². The van der Waals surface area contributed by atoms with Crippen LogP contribution in [0, 0.1) is 11.8 Å². The molecule has 0 heterocycles. The fourth-order valence-corrected chi connectivity index (χ4v) is 2.44. The van der Waals surface area contributed by atoms with E-state index >= 15 is 0 Å². The third-order valence-corrected chi connectivity index (χ3v) is 3.25. The van der Waals surface area contributed by atoms with Crippen molar-refractivity contribution in [2.24, 2.45) is 11.8 Å². The molecule has 0 spiro atoms. The highest BCUT2D eigenvalue weighted by Crippen LogP contribution is 2.17. The molecule has 0 saturated heterocycles. The highest BCUT2D eigenvalue weighted by molar-refractivity contribution is 5.22. The molecule has 1 aromatic rings. The number of rotatable bonds is 7. The summed E-state index contributed by atoms with van der Waals surface area (Å²) in [5.74, 6) is 1.54. The van der Waals surface area contributed by atoms with Gasteiger partial charge < -0.3 is 5.32 Å². The summed E-state index contributed by atoms with van der Waals surface area (Å²) in [6, 6.07) is 9.12. The van der Waals surface area contributed by atoms with Crippen LogP contribution in [0.5, 0.6) is 0 Å². The number of aryl methyl sites for hydroxylation is 1. The summed E-state index contributed by atoms with van der Waals surface area (Å²) >= 11 is 0. The molecule has 1 nitrogen and oxygen atoms in total. The topological polar surface area (TPSA) is 12.0 Å². The van der Waals surface area contributed by atoms with Crippen molar-refractivity contribution in [3.63, 3.8) is 0 Å². The van der Waals surface area contributed by atoms with Crippen molar-refractivity contribution in [1.29, 1.82) is 0 Å². The van der Waals surface area contributed by atoms with Crippen molar-refractivity contribution in [1.82, 2.24) is 5.32 Å². The standard InChI is InChI=1S/C16H27N/c1-5-14-6-8-15(9-7-14)11-16(12-17-4)10-13(2)3/h6-9,13,16-17H,5,10-12H2,1-4H3. The van der Waals surface area contributed by atoms with E-state index in [4.69, 9.17) is 0 Å². The summed E-state index contributed by atoms with van der Waals surface area (Å²) in [6.45, 7) is 7.94. The molecule has 1 atom stereocenters. The van der Waals surface area contributed by atoms with E-state index in [0.29, 0.717) is 0 Å². The Morgan fingerprint density at radius 2 is 1.65 bits per heavy atom. The van der Waals surface area contributed by atoms with Crippen LogP contribution in [-0.2, 0) is 12.8 Å². The number of hydrogen-bond donors (Lipinski definition) is 1. The molecule has 1 aromatic carbocycles. The lowest BCUT2D eigenvalue weighted by atomic mass is 9.90. The van der Waals surface area contributed by atoms with E-state index in [1.165, 1.54) is 24.0 Å². The van der Waals surface area contributed by atoms with E-state index in [1.807, 2.05) is 7.05 Å². The summed E-state index contributed by atoms with van der Waals surface area (Å²) in [5, 5.41) is 3.32. The minimum Gasteiger partial charge on any atom is -0.319 e. The summed E-state index contributed by atoms with van der Waals surface area (Å²) in [4.78, 5) is 0. The van der Waals surface area contributed by atoms with Crippen LogP contribution in [0.3, 0.4) is 0 Å². The predicted molar refractivity (Wildman–Crippen MR) is 76.4 cm³/mol. The zero-order chi connectivity index (χ0) is 12.7. The van der Waals surface area contributed by atoms with Crippen LogP contribution in [0.15, 0.2) is 24.3 Å². The Morgan fingerprint density at radius 3 is 2.12 bits per heavy atom. The van der Waals surface area contributed by atoms with Gasteiger partial charge in [-0.05, 0) is 55.8 Å². The van der Waals surface area contributed by atoms with Gasteiger partial charge in [-0.15, -0.1) is 0 Å². The Bertz CT molecular complexity index is 300. The van der Waals surface area contributed by atoms with Crippen LogP contribution < -0.4 is 5.32 Å². The molecule has 17 heavy (non-hydrogen) atoms. The first-order valence-corrected chi connectivity index (χ1v) is 6.88. The summed E-state index contributed by atoms with van der Waals surface area (Å²) < 4.78 is 0. The third kappa shape index (κ3) is 5.36. The van der Waals surface area contributed by atoms with Crippen molar-refractivity contribution >= 4 is 0 Å². The van der Waals surface area contributed by atoms with Crippen LogP contribution in [0.1, 0.15) is 38.3 Å². The Morgan fingerprint density at radius 1 is 1.06 bits per heavy atom. The largest absolute Gasteiger partial charge is 0.319 e. The second kappa shape index (κ2) is 7.50. The van der Waals surface area contributed by atoms with E-state index in [9.17, 15) is 0 Å². The van der Waals surface area contributed by atoms with E-state index in [-0.39, 0.29) is 0 Å². The molecule has 0 aromatic heterocycles. The SMILES string of the molecule is CCc1ccc(CC(CNC)CC(C)C)cc1. The van der Waals surface area contributed by atoms with Gasteiger partial charge in [0.25, 0.3) is 0 Å². The lowest BCUT2D eigenvalue weighted by Gasteiger charge is -2.18. The molecule has 0 radical (unpaired) electrons. The maximum Gasteiger partial charge on any atom is -0.00202 e. The van der Waals surface area contributed by atoms with Gasteiger partial charge in [0.15, 0.2) is 0 Å². The zero-order valence-electron chi connectivity index (χ0n) is 11.8. The van der Waals surface area contributed by atoms with Crippen molar-refractivity contribution in [3.8, 4) is 0 Å². The molecule has 0 amide bonds. The Balaban J connectivity index is 2.58. The van der Waals surface area contributed by atoms with Gasteiger partial charge in [0.05, 0.1) is 0 Å². The number of benzene rings is 1. The monoisotopic (exact) mass is 233 g/mol.